The number of urea groups is 1. The van der Waals surface area contributed by atoms with Crippen LogP contribution in [0.15, 0.2) is 89.4 Å². The highest BCUT2D eigenvalue weighted by atomic mass is 79.9. The first kappa shape index (κ1) is 26.1. The van der Waals surface area contributed by atoms with Crippen molar-refractivity contribution < 1.29 is 14.4 Å². The molecule has 1 atom stereocenters. The van der Waals surface area contributed by atoms with E-state index in [1.54, 1.807) is 0 Å². The van der Waals surface area contributed by atoms with Crippen LogP contribution in [0.3, 0.4) is 0 Å². The molecule has 3 aromatic rings. The standard InChI is InChI=1S/C30H31BrN4O3/c31-25-13-11-22(12-14-25)21-35-28(37)30(33-29(35)38)16-19-34(20-17-30)18-15-26(23-7-3-1-4-8-23)32-27(36)24-9-5-2-6-10-24/h1-14,26H,15-21H2,(H,32,36)(H,33,38). The summed E-state index contributed by atoms with van der Waals surface area (Å²) in [6, 6.07) is 26.4. The van der Waals surface area contributed by atoms with Crippen molar-refractivity contribution in [1.29, 1.82) is 0 Å². The van der Waals surface area contributed by atoms with Gasteiger partial charge in [-0.25, -0.2) is 4.79 Å². The van der Waals surface area contributed by atoms with Gasteiger partial charge >= 0.3 is 6.03 Å². The second-order valence-electron chi connectivity index (χ2n) is 9.96. The molecule has 2 saturated heterocycles. The maximum Gasteiger partial charge on any atom is 0.325 e. The zero-order valence-electron chi connectivity index (χ0n) is 21.1. The van der Waals surface area contributed by atoms with Crippen molar-refractivity contribution in [1.82, 2.24) is 20.4 Å². The van der Waals surface area contributed by atoms with Gasteiger partial charge in [0.25, 0.3) is 11.8 Å². The van der Waals surface area contributed by atoms with E-state index in [2.05, 4.69) is 31.5 Å². The minimum Gasteiger partial charge on any atom is -0.345 e. The molecule has 2 heterocycles. The molecule has 0 bridgehead atoms. The van der Waals surface area contributed by atoms with E-state index in [4.69, 9.17) is 0 Å². The van der Waals surface area contributed by atoms with Gasteiger partial charge in [-0.3, -0.25) is 14.5 Å². The van der Waals surface area contributed by atoms with Crippen LogP contribution in [0.5, 0.6) is 0 Å². The molecule has 1 spiro atoms. The Hall–Kier alpha value is -3.49. The summed E-state index contributed by atoms with van der Waals surface area (Å²) in [4.78, 5) is 42.6. The lowest BCUT2D eigenvalue weighted by Crippen LogP contribution is -2.55. The molecule has 3 aromatic carbocycles. The third kappa shape index (κ3) is 5.81. The number of likely N-dealkylation sites (tertiary alicyclic amines) is 1. The van der Waals surface area contributed by atoms with Crippen LogP contribution >= 0.6 is 15.9 Å². The topological polar surface area (TPSA) is 81.8 Å². The van der Waals surface area contributed by atoms with Crippen molar-refractivity contribution in [3.63, 3.8) is 0 Å². The van der Waals surface area contributed by atoms with Crippen LogP contribution in [-0.2, 0) is 11.3 Å². The van der Waals surface area contributed by atoms with Gasteiger partial charge in [-0.05, 0) is 54.7 Å². The van der Waals surface area contributed by atoms with E-state index >= 15 is 0 Å². The summed E-state index contributed by atoms with van der Waals surface area (Å²) >= 11 is 3.42. The Morgan fingerprint density at radius 1 is 0.921 bits per heavy atom. The number of imide groups is 1. The molecule has 2 aliphatic rings. The number of halogens is 1. The largest absolute Gasteiger partial charge is 0.345 e. The van der Waals surface area contributed by atoms with Crippen molar-refractivity contribution >= 4 is 33.8 Å². The van der Waals surface area contributed by atoms with E-state index in [0.29, 0.717) is 31.5 Å². The van der Waals surface area contributed by atoms with E-state index in [1.165, 1.54) is 4.90 Å². The summed E-state index contributed by atoms with van der Waals surface area (Å²) in [6.45, 7) is 2.44. The number of benzene rings is 3. The predicted molar refractivity (Wildman–Crippen MR) is 149 cm³/mol. The second-order valence-corrected chi connectivity index (χ2v) is 10.9. The summed E-state index contributed by atoms with van der Waals surface area (Å²) in [5.41, 5.74) is 1.78. The van der Waals surface area contributed by atoms with Gasteiger partial charge in [0.05, 0.1) is 12.6 Å². The Balaban J connectivity index is 1.19. The van der Waals surface area contributed by atoms with Gasteiger partial charge in [0.2, 0.25) is 0 Å². The summed E-state index contributed by atoms with van der Waals surface area (Å²) < 4.78 is 0.955. The molecule has 2 fully saturated rings. The van der Waals surface area contributed by atoms with Crippen LogP contribution < -0.4 is 10.6 Å². The maximum atomic E-state index is 13.3. The number of rotatable bonds is 8. The number of nitrogens with one attached hydrogen (secondary N) is 2. The number of hydrogen-bond donors (Lipinski definition) is 2. The third-order valence-corrected chi connectivity index (χ3v) is 8.02. The minimum absolute atomic E-state index is 0.0952. The van der Waals surface area contributed by atoms with Gasteiger partial charge in [-0.15, -0.1) is 0 Å². The Morgan fingerprint density at radius 2 is 1.55 bits per heavy atom. The smallest absolute Gasteiger partial charge is 0.325 e. The van der Waals surface area contributed by atoms with E-state index in [1.807, 2.05) is 84.9 Å². The summed E-state index contributed by atoms with van der Waals surface area (Å²) in [5.74, 6) is -0.232. The van der Waals surface area contributed by atoms with Crippen molar-refractivity contribution in [3.8, 4) is 0 Å². The van der Waals surface area contributed by atoms with Crippen molar-refractivity contribution in [3.05, 3.63) is 106 Å². The molecule has 4 amide bonds. The van der Waals surface area contributed by atoms with Gasteiger partial charge in [0.1, 0.15) is 5.54 Å². The van der Waals surface area contributed by atoms with Crippen LogP contribution in [0.1, 0.15) is 46.8 Å². The van der Waals surface area contributed by atoms with Crippen LogP contribution in [0.2, 0.25) is 0 Å². The zero-order valence-corrected chi connectivity index (χ0v) is 22.7. The van der Waals surface area contributed by atoms with Crippen molar-refractivity contribution in [2.45, 2.75) is 37.4 Å². The maximum absolute atomic E-state index is 13.3. The number of carbonyl (C=O) groups excluding carboxylic acids is 3. The molecule has 2 N–H and O–H groups in total. The highest BCUT2D eigenvalue weighted by Crippen LogP contribution is 2.31. The average Bonchev–Trinajstić information content (AvgIpc) is 3.17. The van der Waals surface area contributed by atoms with Crippen LogP contribution in [0, 0.1) is 0 Å². The minimum atomic E-state index is -0.830. The molecular weight excluding hydrogens is 544 g/mol. The fraction of sp³-hybridized carbons (Fsp3) is 0.300. The Labute approximate surface area is 231 Å². The van der Waals surface area contributed by atoms with Crippen molar-refractivity contribution in [2.75, 3.05) is 19.6 Å². The number of amides is 4. The summed E-state index contributed by atoms with van der Waals surface area (Å²) in [6.07, 6.45) is 1.88. The number of nitrogens with zero attached hydrogens (tertiary/aromatic N) is 2. The van der Waals surface area contributed by atoms with Crippen LogP contribution in [0.25, 0.3) is 0 Å². The lowest BCUT2D eigenvalue weighted by molar-refractivity contribution is -0.133. The van der Waals surface area contributed by atoms with Gasteiger partial charge in [-0.1, -0.05) is 76.6 Å². The number of hydrogen-bond acceptors (Lipinski definition) is 4. The highest BCUT2D eigenvalue weighted by Gasteiger charge is 2.52. The van der Waals surface area contributed by atoms with Gasteiger partial charge in [0.15, 0.2) is 0 Å². The SMILES string of the molecule is O=C(NC(CCN1CCC2(CC1)NC(=O)N(Cc1ccc(Br)cc1)C2=O)c1ccccc1)c1ccccc1. The second kappa shape index (κ2) is 11.5. The molecule has 0 saturated carbocycles. The lowest BCUT2D eigenvalue weighted by atomic mass is 9.87. The number of carbonyl (C=O) groups is 3. The average molecular weight is 576 g/mol. The normalized spacial score (nSPS) is 17.9. The molecule has 5 rings (SSSR count). The molecule has 0 aromatic heterocycles. The summed E-state index contributed by atoms with van der Waals surface area (Å²) in [7, 11) is 0. The van der Waals surface area contributed by atoms with E-state index < -0.39 is 5.54 Å². The molecule has 8 heteroatoms. The first-order valence-corrected chi connectivity index (χ1v) is 13.7. The third-order valence-electron chi connectivity index (χ3n) is 7.49. The molecule has 38 heavy (non-hydrogen) atoms. The molecule has 0 aliphatic carbocycles. The van der Waals surface area contributed by atoms with Gasteiger partial charge in [0, 0.05) is 29.7 Å². The molecule has 7 nitrogen and oxygen atoms in total. The molecule has 0 radical (unpaired) electrons. The van der Waals surface area contributed by atoms with Crippen LogP contribution in [0.4, 0.5) is 4.79 Å². The fourth-order valence-electron chi connectivity index (χ4n) is 5.24. The monoisotopic (exact) mass is 574 g/mol. The van der Waals surface area contributed by atoms with E-state index in [-0.39, 0.29) is 30.4 Å². The first-order valence-electron chi connectivity index (χ1n) is 13.0. The Morgan fingerprint density at radius 3 is 2.21 bits per heavy atom. The molecule has 196 valence electrons. The fourth-order valence-corrected chi connectivity index (χ4v) is 5.50. The van der Waals surface area contributed by atoms with Crippen molar-refractivity contribution in [2.24, 2.45) is 0 Å². The Bertz CT molecular complexity index is 1280. The lowest BCUT2D eigenvalue weighted by Gasteiger charge is -2.37. The van der Waals surface area contributed by atoms with Crippen LogP contribution in [-0.4, -0.2) is 52.8 Å². The van der Waals surface area contributed by atoms with Gasteiger partial charge < -0.3 is 15.5 Å². The molecule has 1 unspecified atom stereocenters. The number of piperidine rings is 1. The Kier molecular flexibility index (Phi) is 7.90. The van der Waals surface area contributed by atoms with Gasteiger partial charge in [-0.2, -0.15) is 0 Å². The molecule has 2 aliphatic heterocycles. The van der Waals surface area contributed by atoms with E-state index in [9.17, 15) is 14.4 Å². The molecular formula is C30H31BrN4O3. The summed E-state index contributed by atoms with van der Waals surface area (Å²) in [5, 5.41) is 6.20. The zero-order chi connectivity index (χ0) is 26.5. The predicted octanol–water partition coefficient (Wildman–Crippen LogP) is 4.90. The first-order chi connectivity index (χ1) is 18.4. The quantitative estimate of drug-likeness (QED) is 0.375. The van der Waals surface area contributed by atoms with E-state index in [0.717, 1.165) is 28.6 Å². The highest BCUT2D eigenvalue weighted by molar-refractivity contribution is 9.10.